The standard InChI is InChI=1S/C23H21N3O5S2/c1-25(2)18-10-8-16(9-11-18)21-14-24-22-19(21)12-17(15-6-4-3-5-7-15)13-20(22)23(27)26(32(28)29)33(30)31/h3-14,24H,1-2H3,(H,28,29)(H,30,31)/p-2. The van der Waals surface area contributed by atoms with Crippen molar-refractivity contribution >= 4 is 45.0 Å². The van der Waals surface area contributed by atoms with Gasteiger partial charge >= 0.3 is 0 Å². The molecule has 0 fully saturated rings. The van der Waals surface area contributed by atoms with Crippen molar-refractivity contribution in [3.8, 4) is 22.3 Å². The maximum atomic E-state index is 13.0. The third-order valence-electron chi connectivity index (χ3n) is 5.26. The van der Waals surface area contributed by atoms with Crippen LogP contribution < -0.4 is 4.90 Å². The van der Waals surface area contributed by atoms with Gasteiger partial charge in [0, 0.05) is 36.9 Å². The Kier molecular flexibility index (Phi) is 6.43. The third kappa shape index (κ3) is 4.46. The number of hydrogen-bond donors (Lipinski definition) is 1. The molecule has 33 heavy (non-hydrogen) atoms. The van der Waals surface area contributed by atoms with Gasteiger partial charge in [0.15, 0.2) is 0 Å². The first-order valence-electron chi connectivity index (χ1n) is 9.79. The Morgan fingerprint density at radius 2 is 1.48 bits per heavy atom. The van der Waals surface area contributed by atoms with Gasteiger partial charge in [0.1, 0.15) is 0 Å². The highest BCUT2D eigenvalue weighted by Gasteiger charge is 2.23. The SMILES string of the molecule is CN(C)c1ccc(-c2c[nH]c3c(C(=O)N(S(=O)[O-])S(=O)[O-])cc(-c4ccccc4)cc23)cc1. The summed E-state index contributed by atoms with van der Waals surface area (Å²) in [6.45, 7) is 0. The lowest BCUT2D eigenvalue weighted by Gasteiger charge is -2.25. The summed E-state index contributed by atoms with van der Waals surface area (Å²) in [6.07, 6.45) is 1.72. The normalized spacial score (nSPS) is 13.0. The number of aromatic nitrogens is 1. The lowest BCUT2D eigenvalue weighted by Crippen LogP contribution is -2.34. The number of fused-ring (bicyclic) bond motifs is 1. The topological polar surface area (TPSA) is 120 Å². The molecule has 0 saturated carbocycles. The van der Waals surface area contributed by atoms with Crippen LogP contribution in [0.4, 0.5) is 5.69 Å². The molecule has 1 N–H and O–H groups in total. The number of hydrogen-bond acceptors (Lipinski definition) is 6. The van der Waals surface area contributed by atoms with Gasteiger partial charge in [-0.15, -0.1) is 0 Å². The first-order valence-corrected chi connectivity index (χ1v) is 11.9. The van der Waals surface area contributed by atoms with Crippen molar-refractivity contribution in [2.45, 2.75) is 0 Å². The molecule has 0 bridgehead atoms. The van der Waals surface area contributed by atoms with Crippen LogP contribution in [0.3, 0.4) is 0 Å². The zero-order valence-corrected chi connectivity index (χ0v) is 19.3. The van der Waals surface area contributed by atoms with Crippen molar-refractivity contribution in [2.24, 2.45) is 0 Å². The van der Waals surface area contributed by atoms with Crippen LogP contribution in [0.1, 0.15) is 10.4 Å². The second kappa shape index (κ2) is 9.28. The molecule has 0 radical (unpaired) electrons. The molecule has 1 amide bonds. The first-order chi connectivity index (χ1) is 15.8. The number of amides is 1. The highest BCUT2D eigenvalue weighted by atomic mass is 32.3. The number of anilines is 1. The minimum absolute atomic E-state index is 0.0732. The van der Waals surface area contributed by atoms with E-state index in [4.69, 9.17) is 0 Å². The predicted molar refractivity (Wildman–Crippen MR) is 128 cm³/mol. The lowest BCUT2D eigenvalue weighted by molar-refractivity contribution is 0.0920. The van der Waals surface area contributed by atoms with E-state index in [-0.39, 0.29) is 9.27 Å². The minimum Gasteiger partial charge on any atom is -0.754 e. The van der Waals surface area contributed by atoms with E-state index in [1.807, 2.05) is 79.7 Å². The van der Waals surface area contributed by atoms with Crippen molar-refractivity contribution in [1.29, 1.82) is 0 Å². The Morgan fingerprint density at radius 1 is 0.848 bits per heavy atom. The molecule has 0 aliphatic carbocycles. The van der Waals surface area contributed by atoms with E-state index >= 15 is 0 Å². The number of carbonyl (C=O) groups is 1. The zero-order valence-electron chi connectivity index (χ0n) is 17.7. The van der Waals surface area contributed by atoms with E-state index in [0.717, 1.165) is 22.4 Å². The van der Waals surface area contributed by atoms with Gasteiger partial charge in [0.05, 0.1) is 33.6 Å². The van der Waals surface area contributed by atoms with Gasteiger partial charge < -0.3 is 19.0 Å². The fourth-order valence-corrected chi connectivity index (χ4v) is 4.52. The van der Waals surface area contributed by atoms with Gasteiger partial charge in [-0.25, -0.2) is 0 Å². The van der Waals surface area contributed by atoms with E-state index in [0.29, 0.717) is 16.5 Å². The summed E-state index contributed by atoms with van der Waals surface area (Å²) >= 11 is -6.58. The van der Waals surface area contributed by atoms with E-state index in [1.54, 1.807) is 6.20 Å². The molecule has 170 valence electrons. The maximum absolute atomic E-state index is 13.0. The Balaban J connectivity index is 1.95. The Morgan fingerprint density at radius 3 is 2.06 bits per heavy atom. The molecule has 0 spiro atoms. The quantitative estimate of drug-likeness (QED) is 0.420. The average Bonchev–Trinajstić information content (AvgIpc) is 3.22. The molecule has 2 atom stereocenters. The number of nitrogens with one attached hydrogen (secondary N) is 1. The first kappa shape index (κ1) is 22.9. The second-order valence-corrected chi connectivity index (χ2v) is 9.28. The van der Waals surface area contributed by atoms with Crippen molar-refractivity contribution in [3.63, 3.8) is 0 Å². The largest absolute Gasteiger partial charge is 0.754 e. The van der Waals surface area contributed by atoms with Gasteiger partial charge in [-0.05, 0) is 41.0 Å². The molecular formula is C23H19N3O5S2-2. The number of carbonyl (C=O) groups excluding carboxylic acids is 1. The number of aromatic amines is 1. The van der Waals surface area contributed by atoms with Crippen LogP contribution in [0, 0.1) is 0 Å². The molecule has 0 aliphatic rings. The summed E-state index contributed by atoms with van der Waals surface area (Å²) in [5.74, 6) is -1.17. The van der Waals surface area contributed by atoms with Crippen molar-refractivity contribution < 1.29 is 22.3 Å². The monoisotopic (exact) mass is 481 g/mol. The molecule has 1 heterocycles. The number of benzene rings is 3. The fraction of sp³-hybridized carbons (Fsp3) is 0.0870. The highest BCUT2D eigenvalue weighted by Crippen LogP contribution is 2.35. The molecular weight excluding hydrogens is 462 g/mol. The Labute approximate surface area is 195 Å². The molecule has 10 heteroatoms. The number of rotatable bonds is 6. The van der Waals surface area contributed by atoms with E-state index in [9.17, 15) is 22.3 Å². The van der Waals surface area contributed by atoms with E-state index < -0.39 is 28.4 Å². The molecule has 0 aliphatic heterocycles. The Bertz CT molecular complexity index is 1350. The van der Waals surface area contributed by atoms with Crippen LogP contribution in [0.25, 0.3) is 33.2 Å². The Hall–Kier alpha value is -3.31. The van der Waals surface area contributed by atoms with Crippen LogP contribution in [0.5, 0.6) is 0 Å². The van der Waals surface area contributed by atoms with E-state index in [2.05, 4.69) is 4.98 Å². The molecule has 8 nitrogen and oxygen atoms in total. The average molecular weight is 482 g/mol. The summed E-state index contributed by atoms with van der Waals surface area (Å²) in [7, 11) is 3.88. The highest BCUT2D eigenvalue weighted by molar-refractivity contribution is 7.93. The number of nitrogens with zero attached hydrogens (tertiary/aromatic N) is 2. The smallest absolute Gasteiger partial charge is 0.278 e. The summed E-state index contributed by atoms with van der Waals surface area (Å²) in [5.41, 5.74) is 4.40. The van der Waals surface area contributed by atoms with Gasteiger partial charge in [0.2, 0.25) is 0 Å². The predicted octanol–water partition coefficient (Wildman–Crippen LogP) is 3.60. The van der Waals surface area contributed by atoms with Crippen molar-refractivity contribution in [3.05, 3.63) is 78.5 Å². The molecule has 3 aromatic carbocycles. The molecule has 0 saturated heterocycles. The van der Waals surface area contributed by atoms with Gasteiger partial charge in [-0.1, -0.05) is 42.5 Å². The van der Waals surface area contributed by atoms with Crippen LogP contribution in [-0.4, -0.2) is 46.2 Å². The minimum atomic E-state index is -3.29. The second-order valence-electron chi connectivity index (χ2n) is 7.45. The fourth-order valence-electron chi connectivity index (χ4n) is 3.66. The van der Waals surface area contributed by atoms with E-state index in [1.165, 1.54) is 6.07 Å². The molecule has 1 aromatic heterocycles. The van der Waals surface area contributed by atoms with Crippen LogP contribution >= 0.6 is 0 Å². The molecule has 4 rings (SSSR count). The van der Waals surface area contributed by atoms with Crippen LogP contribution in [0.15, 0.2) is 72.9 Å². The van der Waals surface area contributed by atoms with Gasteiger partial charge in [0.25, 0.3) is 5.91 Å². The molecule has 4 aromatic rings. The summed E-state index contributed by atoms with van der Waals surface area (Å²) in [6, 6.07) is 20.4. The van der Waals surface area contributed by atoms with Crippen LogP contribution in [0.2, 0.25) is 0 Å². The van der Waals surface area contributed by atoms with Gasteiger partial charge in [-0.2, -0.15) is 3.71 Å². The summed E-state index contributed by atoms with van der Waals surface area (Å²) in [4.78, 5) is 18.0. The number of H-pyrrole nitrogens is 1. The zero-order chi connectivity index (χ0) is 23.7. The summed E-state index contributed by atoms with van der Waals surface area (Å²) in [5, 5.41) is 0.658. The van der Waals surface area contributed by atoms with Crippen molar-refractivity contribution in [2.75, 3.05) is 19.0 Å². The van der Waals surface area contributed by atoms with Crippen molar-refractivity contribution in [1.82, 2.24) is 8.69 Å². The lowest BCUT2D eigenvalue weighted by atomic mass is 9.96. The summed E-state index contributed by atoms with van der Waals surface area (Å²) < 4.78 is 45.6. The van der Waals surface area contributed by atoms with Gasteiger partial charge in [-0.3, -0.25) is 13.2 Å². The molecule has 2 unspecified atom stereocenters. The van der Waals surface area contributed by atoms with Crippen LogP contribution in [-0.2, 0) is 22.5 Å². The third-order valence-corrected chi connectivity index (χ3v) is 6.86. The maximum Gasteiger partial charge on any atom is 0.278 e.